The molecule has 2 fully saturated rings. The molecule has 2 rings (SSSR count). The van der Waals surface area contributed by atoms with Crippen molar-refractivity contribution in [3.8, 4) is 6.07 Å². The molecule has 2 aliphatic rings. The van der Waals surface area contributed by atoms with Crippen LogP contribution in [0.25, 0.3) is 0 Å². The standard InChI is InChI=1S/C18H32N2/c1-17(2,3)15-10-12-18(14-19,13-11-15)20-16-8-6-4-5-7-9-16/h15-16,20H,4-13H2,1-3H3. The van der Waals surface area contributed by atoms with Crippen molar-refractivity contribution in [1.82, 2.24) is 5.32 Å². The average Bonchev–Trinajstić information content (AvgIpc) is 2.67. The fourth-order valence-corrected chi connectivity index (χ4v) is 4.08. The molecule has 0 aromatic rings. The summed E-state index contributed by atoms with van der Waals surface area (Å²) in [6, 6.07) is 3.23. The molecule has 2 heteroatoms. The minimum absolute atomic E-state index is 0.225. The van der Waals surface area contributed by atoms with Crippen molar-refractivity contribution in [1.29, 1.82) is 5.26 Å². The lowest BCUT2D eigenvalue weighted by Crippen LogP contribution is -2.52. The molecule has 0 unspecified atom stereocenters. The zero-order valence-corrected chi connectivity index (χ0v) is 13.7. The minimum atomic E-state index is -0.225. The predicted molar refractivity (Wildman–Crippen MR) is 84.4 cm³/mol. The summed E-state index contributed by atoms with van der Waals surface area (Å²) in [5, 5.41) is 13.5. The first-order valence-corrected chi connectivity index (χ1v) is 8.64. The van der Waals surface area contributed by atoms with Gasteiger partial charge in [0.05, 0.1) is 6.07 Å². The van der Waals surface area contributed by atoms with E-state index in [-0.39, 0.29) is 5.54 Å². The Balaban J connectivity index is 1.93. The maximum atomic E-state index is 9.72. The minimum Gasteiger partial charge on any atom is -0.297 e. The monoisotopic (exact) mass is 276 g/mol. The van der Waals surface area contributed by atoms with E-state index in [9.17, 15) is 5.26 Å². The maximum absolute atomic E-state index is 9.72. The van der Waals surface area contributed by atoms with E-state index < -0.39 is 0 Å². The Morgan fingerprint density at radius 2 is 1.50 bits per heavy atom. The molecule has 0 heterocycles. The van der Waals surface area contributed by atoms with E-state index in [2.05, 4.69) is 32.2 Å². The van der Waals surface area contributed by atoms with Crippen LogP contribution in [-0.2, 0) is 0 Å². The molecule has 2 saturated carbocycles. The molecular weight excluding hydrogens is 244 g/mol. The van der Waals surface area contributed by atoms with Crippen molar-refractivity contribution in [2.45, 2.75) is 96.6 Å². The van der Waals surface area contributed by atoms with Crippen LogP contribution >= 0.6 is 0 Å². The Kier molecular flexibility index (Phi) is 5.13. The number of nitrogens with one attached hydrogen (secondary N) is 1. The molecule has 0 radical (unpaired) electrons. The summed E-state index contributed by atoms with van der Waals surface area (Å²) in [7, 11) is 0. The molecule has 0 amide bonds. The van der Waals surface area contributed by atoms with Crippen LogP contribution in [0.1, 0.15) is 85.0 Å². The van der Waals surface area contributed by atoms with Crippen molar-refractivity contribution in [3.05, 3.63) is 0 Å². The van der Waals surface area contributed by atoms with Crippen molar-refractivity contribution >= 4 is 0 Å². The fraction of sp³-hybridized carbons (Fsp3) is 0.944. The van der Waals surface area contributed by atoms with Crippen LogP contribution in [0.4, 0.5) is 0 Å². The molecular formula is C18H32N2. The Morgan fingerprint density at radius 3 is 1.95 bits per heavy atom. The highest BCUT2D eigenvalue weighted by atomic mass is 15.0. The highest BCUT2D eigenvalue weighted by Gasteiger charge is 2.39. The summed E-state index contributed by atoms with van der Waals surface area (Å²) in [6.07, 6.45) is 12.5. The fourth-order valence-electron chi connectivity index (χ4n) is 4.08. The highest BCUT2D eigenvalue weighted by molar-refractivity contribution is 5.11. The van der Waals surface area contributed by atoms with Crippen LogP contribution in [0.5, 0.6) is 0 Å². The molecule has 114 valence electrons. The predicted octanol–water partition coefficient (Wildman–Crippen LogP) is 4.80. The van der Waals surface area contributed by atoms with Crippen molar-refractivity contribution in [2.75, 3.05) is 0 Å². The van der Waals surface area contributed by atoms with Gasteiger partial charge in [-0.05, 0) is 49.9 Å². The van der Waals surface area contributed by atoms with Gasteiger partial charge in [-0.2, -0.15) is 5.26 Å². The van der Waals surface area contributed by atoms with Gasteiger partial charge in [0, 0.05) is 6.04 Å². The van der Waals surface area contributed by atoms with Crippen LogP contribution in [0.2, 0.25) is 0 Å². The quantitative estimate of drug-likeness (QED) is 0.735. The molecule has 2 aliphatic carbocycles. The first kappa shape index (κ1) is 15.8. The normalized spacial score (nSPS) is 33.4. The Bertz CT molecular complexity index is 331. The zero-order chi connectivity index (χ0) is 14.6. The second kappa shape index (κ2) is 6.48. The van der Waals surface area contributed by atoms with Crippen LogP contribution in [0, 0.1) is 22.7 Å². The van der Waals surface area contributed by atoms with Gasteiger partial charge in [-0.3, -0.25) is 5.32 Å². The SMILES string of the molecule is CC(C)(C)C1CCC(C#N)(NC2CCCCCC2)CC1. The Hall–Kier alpha value is -0.550. The summed E-state index contributed by atoms with van der Waals surface area (Å²) in [5.41, 5.74) is 0.167. The lowest BCUT2D eigenvalue weighted by atomic mass is 9.67. The van der Waals surface area contributed by atoms with Gasteiger partial charge < -0.3 is 0 Å². The summed E-state index contributed by atoms with van der Waals surface area (Å²) in [5.74, 6) is 0.778. The number of hydrogen-bond donors (Lipinski definition) is 1. The second-order valence-electron chi connectivity index (χ2n) is 8.17. The van der Waals surface area contributed by atoms with Gasteiger partial charge in [-0.15, -0.1) is 0 Å². The van der Waals surface area contributed by atoms with Gasteiger partial charge in [0.15, 0.2) is 0 Å². The van der Waals surface area contributed by atoms with E-state index in [0.717, 1.165) is 18.8 Å². The van der Waals surface area contributed by atoms with E-state index in [1.54, 1.807) is 0 Å². The number of rotatable bonds is 2. The second-order valence-corrected chi connectivity index (χ2v) is 8.17. The molecule has 0 bridgehead atoms. The van der Waals surface area contributed by atoms with Crippen molar-refractivity contribution in [3.63, 3.8) is 0 Å². The first-order chi connectivity index (χ1) is 9.45. The Morgan fingerprint density at radius 1 is 0.950 bits per heavy atom. The van der Waals surface area contributed by atoms with Gasteiger partial charge in [0.25, 0.3) is 0 Å². The third-order valence-electron chi connectivity index (χ3n) is 5.61. The summed E-state index contributed by atoms with van der Waals surface area (Å²) in [6.45, 7) is 7.03. The largest absolute Gasteiger partial charge is 0.297 e. The van der Waals surface area contributed by atoms with E-state index in [1.165, 1.54) is 51.4 Å². The van der Waals surface area contributed by atoms with Crippen LogP contribution < -0.4 is 5.32 Å². The summed E-state index contributed by atoms with van der Waals surface area (Å²) >= 11 is 0. The van der Waals surface area contributed by atoms with Crippen molar-refractivity contribution in [2.24, 2.45) is 11.3 Å². The van der Waals surface area contributed by atoms with E-state index in [1.807, 2.05) is 0 Å². The van der Waals surface area contributed by atoms with Gasteiger partial charge in [-0.1, -0.05) is 46.5 Å². The topological polar surface area (TPSA) is 35.8 Å². The van der Waals surface area contributed by atoms with Crippen LogP contribution in [-0.4, -0.2) is 11.6 Å². The molecule has 0 saturated heterocycles. The molecule has 0 aliphatic heterocycles. The lowest BCUT2D eigenvalue weighted by molar-refractivity contribution is 0.130. The molecule has 20 heavy (non-hydrogen) atoms. The average molecular weight is 276 g/mol. The molecule has 0 spiro atoms. The Labute approximate surface area is 125 Å². The molecule has 1 N–H and O–H groups in total. The van der Waals surface area contributed by atoms with Gasteiger partial charge >= 0.3 is 0 Å². The molecule has 0 aromatic carbocycles. The van der Waals surface area contributed by atoms with Crippen LogP contribution in [0.3, 0.4) is 0 Å². The molecule has 0 aromatic heterocycles. The maximum Gasteiger partial charge on any atom is 0.107 e. The third kappa shape index (κ3) is 3.98. The van der Waals surface area contributed by atoms with E-state index in [0.29, 0.717) is 11.5 Å². The van der Waals surface area contributed by atoms with Gasteiger partial charge in [0.1, 0.15) is 5.54 Å². The summed E-state index contributed by atoms with van der Waals surface area (Å²) in [4.78, 5) is 0. The summed E-state index contributed by atoms with van der Waals surface area (Å²) < 4.78 is 0. The van der Waals surface area contributed by atoms with Gasteiger partial charge in [0.2, 0.25) is 0 Å². The first-order valence-electron chi connectivity index (χ1n) is 8.64. The molecule has 2 nitrogen and oxygen atoms in total. The highest BCUT2D eigenvalue weighted by Crippen LogP contribution is 2.41. The lowest BCUT2D eigenvalue weighted by Gasteiger charge is -2.42. The van der Waals surface area contributed by atoms with E-state index >= 15 is 0 Å². The van der Waals surface area contributed by atoms with Crippen molar-refractivity contribution < 1.29 is 0 Å². The van der Waals surface area contributed by atoms with Gasteiger partial charge in [-0.25, -0.2) is 0 Å². The smallest absolute Gasteiger partial charge is 0.107 e. The number of hydrogen-bond acceptors (Lipinski definition) is 2. The third-order valence-corrected chi connectivity index (χ3v) is 5.61. The molecule has 0 atom stereocenters. The van der Waals surface area contributed by atoms with Crippen LogP contribution in [0.15, 0.2) is 0 Å². The van der Waals surface area contributed by atoms with E-state index in [4.69, 9.17) is 0 Å². The number of nitriles is 1. The zero-order valence-electron chi connectivity index (χ0n) is 13.7. The number of nitrogens with zero attached hydrogens (tertiary/aromatic N) is 1.